The zero-order valence-corrected chi connectivity index (χ0v) is 17.3. The Morgan fingerprint density at radius 3 is 2.27 bits per heavy atom. The molecule has 3 N–H and O–H groups in total. The molecule has 33 heavy (non-hydrogen) atoms. The molecule has 0 radical (unpaired) electrons. The van der Waals surface area contributed by atoms with Crippen LogP contribution in [-0.4, -0.2) is 30.0 Å². The van der Waals surface area contributed by atoms with Crippen LogP contribution in [0.5, 0.6) is 5.75 Å². The fourth-order valence-electron chi connectivity index (χ4n) is 2.84. The van der Waals surface area contributed by atoms with Gasteiger partial charge < -0.3 is 20.5 Å². The number of carbonyl (C=O) groups excluding carboxylic acids is 2. The normalized spacial score (nSPS) is 10.9. The predicted octanol–water partition coefficient (Wildman–Crippen LogP) is 4.08. The number of ether oxygens (including phenoxy) is 1. The molecule has 0 aliphatic carbocycles. The molecule has 0 aliphatic rings. The van der Waals surface area contributed by atoms with E-state index < -0.39 is 29.4 Å². The highest BCUT2D eigenvalue weighted by Gasteiger charge is 2.18. The van der Waals surface area contributed by atoms with Gasteiger partial charge in [0.05, 0.1) is 18.4 Å². The zero-order valence-electron chi connectivity index (χ0n) is 17.3. The second-order valence-corrected chi connectivity index (χ2v) is 6.73. The molecular weight excluding hydrogens is 434 g/mol. The van der Waals surface area contributed by atoms with Gasteiger partial charge in [-0.05, 0) is 54.1 Å². The van der Waals surface area contributed by atoms with E-state index in [0.717, 1.165) is 18.2 Å². The van der Waals surface area contributed by atoms with Crippen LogP contribution >= 0.6 is 0 Å². The molecule has 3 aromatic rings. The number of halogens is 2. The lowest BCUT2D eigenvalue weighted by molar-refractivity contribution is -0.113. The zero-order chi connectivity index (χ0) is 24.0. The van der Waals surface area contributed by atoms with Crippen LogP contribution in [0.2, 0.25) is 0 Å². The Labute approximate surface area is 187 Å². The first-order chi connectivity index (χ1) is 15.8. The van der Waals surface area contributed by atoms with Crippen LogP contribution in [0.25, 0.3) is 6.08 Å². The van der Waals surface area contributed by atoms with Crippen molar-refractivity contribution in [1.29, 1.82) is 0 Å². The third-order valence-corrected chi connectivity index (χ3v) is 4.48. The molecule has 3 rings (SSSR count). The number of hydrogen-bond donors (Lipinski definition) is 3. The molecule has 0 saturated carbocycles. The summed E-state index contributed by atoms with van der Waals surface area (Å²) in [6.07, 6.45) is 1.16. The van der Waals surface area contributed by atoms with Gasteiger partial charge in [-0.15, -0.1) is 0 Å². The van der Waals surface area contributed by atoms with E-state index in [0.29, 0.717) is 0 Å². The van der Waals surface area contributed by atoms with Crippen LogP contribution in [0.3, 0.4) is 0 Å². The van der Waals surface area contributed by atoms with Gasteiger partial charge in [-0.2, -0.15) is 0 Å². The lowest BCUT2D eigenvalue weighted by atomic mass is 10.1. The number of hydrogen-bond acceptors (Lipinski definition) is 4. The number of carbonyl (C=O) groups is 3. The minimum Gasteiger partial charge on any atom is -0.495 e. The maximum Gasteiger partial charge on any atom is 0.335 e. The summed E-state index contributed by atoms with van der Waals surface area (Å²) in [7, 11) is 1.33. The molecule has 0 unspecified atom stereocenters. The van der Waals surface area contributed by atoms with Gasteiger partial charge in [0.1, 0.15) is 11.4 Å². The van der Waals surface area contributed by atoms with Gasteiger partial charge in [-0.1, -0.05) is 24.3 Å². The quantitative estimate of drug-likeness (QED) is 0.469. The summed E-state index contributed by atoms with van der Waals surface area (Å²) in [5.41, 5.74) is 0.00125. The number of anilines is 1. The van der Waals surface area contributed by atoms with Crippen molar-refractivity contribution in [2.45, 2.75) is 0 Å². The highest BCUT2D eigenvalue weighted by Crippen LogP contribution is 2.26. The van der Waals surface area contributed by atoms with E-state index in [2.05, 4.69) is 10.6 Å². The van der Waals surface area contributed by atoms with Crippen molar-refractivity contribution in [2.75, 3.05) is 12.4 Å². The van der Waals surface area contributed by atoms with Gasteiger partial charge in [0.15, 0.2) is 11.6 Å². The Kier molecular flexibility index (Phi) is 7.14. The summed E-state index contributed by atoms with van der Waals surface area (Å²) in [5.74, 6) is -4.70. The predicted molar refractivity (Wildman–Crippen MR) is 117 cm³/mol. The SMILES string of the molecule is COc1ccc(C(=O)O)cc1NC(=O)/C(=C/c1ccc(F)c(F)c1)NC(=O)c1ccccc1. The average molecular weight is 452 g/mol. The van der Waals surface area contributed by atoms with Crippen molar-refractivity contribution in [1.82, 2.24) is 5.32 Å². The standard InChI is InChI=1S/C24H18F2N2O5/c1-33-21-10-8-16(24(31)32)13-19(21)27-23(30)20(12-14-7-9-17(25)18(26)11-14)28-22(29)15-5-3-2-4-6-15/h2-13H,1H3,(H,27,30)(H,28,29)(H,31,32)/b20-12-. The Morgan fingerprint density at radius 2 is 1.64 bits per heavy atom. The number of aromatic carboxylic acids is 1. The van der Waals surface area contributed by atoms with Gasteiger partial charge in [-0.3, -0.25) is 9.59 Å². The van der Waals surface area contributed by atoms with E-state index in [-0.39, 0.29) is 33.8 Å². The fraction of sp³-hybridized carbons (Fsp3) is 0.0417. The maximum absolute atomic E-state index is 13.7. The highest BCUT2D eigenvalue weighted by atomic mass is 19.2. The Morgan fingerprint density at radius 1 is 0.909 bits per heavy atom. The second-order valence-electron chi connectivity index (χ2n) is 6.73. The monoisotopic (exact) mass is 452 g/mol. The van der Waals surface area contributed by atoms with Crippen LogP contribution in [0.15, 0.2) is 72.4 Å². The third-order valence-electron chi connectivity index (χ3n) is 4.48. The summed E-state index contributed by atoms with van der Waals surface area (Å²) in [6.45, 7) is 0. The van der Waals surface area contributed by atoms with Crippen LogP contribution in [-0.2, 0) is 4.79 Å². The number of carboxylic acids is 1. The molecule has 3 aromatic carbocycles. The summed E-state index contributed by atoms with van der Waals surface area (Å²) in [4.78, 5) is 36.9. The molecule has 168 valence electrons. The minimum absolute atomic E-state index is 0.0348. The van der Waals surface area contributed by atoms with Crippen LogP contribution in [0.4, 0.5) is 14.5 Å². The van der Waals surface area contributed by atoms with Gasteiger partial charge in [-0.25, -0.2) is 13.6 Å². The summed E-state index contributed by atoms with van der Waals surface area (Å²) in [5, 5.41) is 14.1. The third kappa shape index (κ3) is 5.79. The first kappa shape index (κ1) is 23.1. The van der Waals surface area contributed by atoms with Crippen LogP contribution in [0.1, 0.15) is 26.3 Å². The first-order valence-electron chi connectivity index (χ1n) is 9.54. The maximum atomic E-state index is 13.7. The first-order valence-corrected chi connectivity index (χ1v) is 9.54. The largest absolute Gasteiger partial charge is 0.495 e. The lowest BCUT2D eigenvalue weighted by Gasteiger charge is -2.14. The molecule has 0 aliphatic heterocycles. The van der Waals surface area contributed by atoms with E-state index in [1.165, 1.54) is 43.5 Å². The van der Waals surface area contributed by atoms with Gasteiger partial charge in [0, 0.05) is 5.56 Å². The summed E-state index contributed by atoms with van der Waals surface area (Å²) in [6, 6.07) is 14.9. The van der Waals surface area contributed by atoms with Gasteiger partial charge in [0.2, 0.25) is 0 Å². The van der Waals surface area contributed by atoms with Gasteiger partial charge in [0.25, 0.3) is 11.8 Å². The molecule has 7 nitrogen and oxygen atoms in total. The minimum atomic E-state index is -1.22. The Bertz CT molecular complexity index is 1240. The van der Waals surface area contributed by atoms with E-state index >= 15 is 0 Å². The second kappa shape index (κ2) is 10.2. The number of carboxylic acid groups (broad SMARTS) is 1. The number of rotatable bonds is 7. The summed E-state index contributed by atoms with van der Waals surface area (Å²) >= 11 is 0. The molecular formula is C24H18F2N2O5. The Hall–Kier alpha value is -4.53. The van der Waals surface area contributed by atoms with Crippen molar-refractivity contribution < 1.29 is 33.0 Å². The summed E-state index contributed by atoms with van der Waals surface area (Å²) < 4.78 is 32.1. The van der Waals surface area contributed by atoms with Crippen molar-refractivity contribution >= 4 is 29.5 Å². The topological polar surface area (TPSA) is 105 Å². The van der Waals surface area contributed by atoms with E-state index in [9.17, 15) is 28.3 Å². The molecule has 9 heteroatoms. The molecule has 0 fully saturated rings. The van der Waals surface area contributed by atoms with E-state index in [4.69, 9.17) is 4.74 Å². The molecule has 0 heterocycles. The van der Waals surface area contributed by atoms with Crippen molar-refractivity contribution in [2.24, 2.45) is 0 Å². The van der Waals surface area contributed by atoms with Gasteiger partial charge >= 0.3 is 5.97 Å². The molecule has 0 saturated heterocycles. The number of benzene rings is 3. The molecule has 0 atom stereocenters. The van der Waals surface area contributed by atoms with E-state index in [1.807, 2.05) is 0 Å². The Balaban J connectivity index is 1.98. The fourth-order valence-corrected chi connectivity index (χ4v) is 2.84. The number of methoxy groups -OCH3 is 1. The van der Waals surface area contributed by atoms with Crippen molar-refractivity contribution in [3.8, 4) is 5.75 Å². The smallest absolute Gasteiger partial charge is 0.335 e. The average Bonchev–Trinajstić information content (AvgIpc) is 2.81. The van der Waals surface area contributed by atoms with Crippen LogP contribution in [0, 0.1) is 11.6 Å². The van der Waals surface area contributed by atoms with Crippen LogP contribution < -0.4 is 15.4 Å². The number of nitrogens with one attached hydrogen (secondary N) is 2. The molecule has 0 bridgehead atoms. The molecule has 0 spiro atoms. The van der Waals surface area contributed by atoms with E-state index in [1.54, 1.807) is 18.2 Å². The van der Waals surface area contributed by atoms with Crippen molar-refractivity contribution in [3.63, 3.8) is 0 Å². The molecule has 0 aromatic heterocycles. The molecule has 2 amide bonds. The lowest BCUT2D eigenvalue weighted by Crippen LogP contribution is -2.30. The number of amides is 2. The highest BCUT2D eigenvalue weighted by molar-refractivity contribution is 6.11. The van der Waals surface area contributed by atoms with Crippen molar-refractivity contribution in [3.05, 3.63) is 101 Å².